The van der Waals surface area contributed by atoms with Crippen LogP contribution in [0.4, 0.5) is 8.78 Å². The number of halogens is 2. The van der Waals surface area contributed by atoms with Gasteiger partial charge >= 0.3 is 0 Å². The molecule has 0 aliphatic rings. The lowest BCUT2D eigenvalue weighted by molar-refractivity contribution is -0.131. The van der Waals surface area contributed by atoms with Crippen molar-refractivity contribution >= 4 is 15.7 Å². The molecule has 0 aliphatic carbocycles. The monoisotopic (exact) mass is 373 g/mol. The van der Waals surface area contributed by atoms with Crippen LogP contribution >= 0.6 is 0 Å². The van der Waals surface area contributed by atoms with Crippen LogP contribution in [0.15, 0.2) is 30.6 Å². The van der Waals surface area contributed by atoms with Crippen molar-refractivity contribution in [1.29, 1.82) is 0 Å². The van der Waals surface area contributed by atoms with Crippen LogP contribution in [0.5, 0.6) is 0 Å². The lowest BCUT2D eigenvalue weighted by Crippen LogP contribution is -2.49. The molecule has 0 bridgehead atoms. The lowest BCUT2D eigenvalue weighted by atomic mass is 10.1. The molecular formula is C15H17F2N3O4S. The number of sulfone groups is 1. The van der Waals surface area contributed by atoms with Gasteiger partial charge in [0, 0.05) is 36.2 Å². The van der Waals surface area contributed by atoms with Crippen molar-refractivity contribution in [2.24, 2.45) is 0 Å². The zero-order valence-electron chi connectivity index (χ0n) is 13.5. The maximum Gasteiger partial charge on any atom is 0.264 e. The summed E-state index contributed by atoms with van der Waals surface area (Å²) in [6.45, 7) is 1.22. The summed E-state index contributed by atoms with van der Waals surface area (Å²) < 4.78 is 50.0. The molecule has 0 radical (unpaired) electrons. The molecule has 2 rings (SSSR count). The number of aromatic nitrogens is 2. The number of amides is 1. The van der Waals surface area contributed by atoms with Gasteiger partial charge in [-0.05, 0) is 25.5 Å². The second kappa shape index (κ2) is 6.89. The van der Waals surface area contributed by atoms with E-state index in [0.717, 1.165) is 18.4 Å². The molecule has 1 heterocycles. The first-order valence-corrected chi connectivity index (χ1v) is 9.09. The third-order valence-electron chi connectivity index (χ3n) is 4.09. The molecule has 0 fully saturated rings. The molecule has 0 saturated carbocycles. The van der Waals surface area contributed by atoms with Crippen molar-refractivity contribution < 1.29 is 27.2 Å². The fraction of sp³-hybridized carbons (Fsp3) is 0.333. The van der Waals surface area contributed by atoms with E-state index in [1.807, 2.05) is 0 Å². The number of nitrogens with one attached hydrogen (secondary N) is 1. The van der Waals surface area contributed by atoms with Crippen molar-refractivity contribution in [2.45, 2.75) is 24.6 Å². The molecule has 1 unspecified atom stereocenters. The van der Waals surface area contributed by atoms with Gasteiger partial charge in [0.25, 0.3) is 5.91 Å². The van der Waals surface area contributed by atoms with Crippen LogP contribution in [0, 0.1) is 11.6 Å². The van der Waals surface area contributed by atoms with E-state index in [1.165, 1.54) is 35.5 Å². The van der Waals surface area contributed by atoms with Gasteiger partial charge in [-0.2, -0.15) is 5.10 Å². The molecule has 25 heavy (non-hydrogen) atoms. The number of nitrogens with zero attached hydrogens (tertiary/aromatic N) is 2. The highest BCUT2D eigenvalue weighted by Crippen LogP contribution is 2.25. The summed E-state index contributed by atoms with van der Waals surface area (Å²) in [4.78, 5) is 11.7. The number of hydrogen-bond donors (Lipinski definition) is 2. The Morgan fingerprint density at radius 2 is 2.08 bits per heavy atom. The first kappa shape index (κ1) is 19.0. The zero-order valence-corrected chi connectivity index (χ0v) is 14.3. The number of carbonyl (C=O) groups excluding carboxylic acids is 1. The molecule has 7 nitrogen and oxygen atoms in total. The van der Waals surface area contributed by atoms with E-state index in [0.29, 0.717) is 5.56 Å². The van der Waals surface area contributed by atoms with Crippen molar-refractivity contribution in [3.05, 3.63) is 42.2 Å². The van der Waals surface area contributed by atoms with E-state index in [1.54, 1.807) is 0 Å². The normalized spacial score (nSPS) is 14.1. The topological polar surface area (TPSA) is 101 Å². The Hall–Kier alpha value is -2.33. The van der Waals surface area contributed by atoms with Crippen LogP contribution in [0.3, 0.4) is 0 Å². The highest BCUT2D eigenvalue weighted by atomic mass is 32.2. The summed E-state index contributed by atoms with van der Waals surface area (Å²) in [5, 5.41) is 12.8. The number of hydroxylamine groups is 1. The Bertz CT molecular complexity index is 898. The van der Waals surface area contributed by atoms with Crippen LogP contribution in [0.25, 0.3) is 11.1 Å². The van der Waals surface area contributed by atoms with Crippen LogP contribution < -0.4 is 5.48 Å². The summed E-state index contributed by atoms with van der Waals surface area (Å²) in [6.07, 6.45) is 3.53. The fourth-order valence-corrected chi connectivity index (χ4v) is 3.11. The van der Waals surface area contributed by atoms with Gasteiger partial charge in [0.15, 0.2) is 14.6 Å². The van der Waals surface area contributed by atoms with E-state index in [4.69, 9.17) is 5.21 Å². The number of aryl methyl sites for hydroxylation is 1. The standard InChI is InChI=1S/C15H17F2N3O4S/c1-15(14(21)19-22,25(2,23)24)5-6-20-9-10(8-18-20)12-4-3-11(16)7-13(12)17/h3-4,7-9,22H,5-6H2,1-2H3,(H,19,21). The molecule has 0 saturated heterocycles. The molecule has 1 atom stereocenters. The van der Waals surface area contributed by atoms with E-state index in [9.17, 15) is 22.0 Å². The Balaban J connectivity index is 2.22. The molecule has 1 amide bonds. The molecule has 2 aromatic rings. The highest BCUT2D eigenvalue weighted by Gasteiger charge is 2.43. The Morgan fingerprint density at radius 1 is 1.40 bits per heavy atom. The van der Waals surface area contributed by atoms with Crippen LogP contribution in [0.2, 0.25) is 0 Å². The van der Waals surface area contributed by atoms with Gasteiger partial charge < -0.3 is 0 Å². The second-order valence-electron chi connectivity index (χ2n) is 5.81. The molecule has 136 valence electrons. The largest absolute Gasteiger partial charge is 0.289 e. The van der Waals surface area contributed by atoms with Gasteiger partial charge in [0.2, 0.25) is 0 Å². The first-order valence-electron chi connectivity index (χ1n) is 7.20. The van der Waals surface area contributed by atoms with Gasteiger partial charge in [-0.15, -0.1) is 0 Å². The van der Waals surface area contributed by atoms with Crippen molar-refractivity contribution in [3.8, 4) is 11.1 Å². The van der Waals surface area contributed by atoms with Gasteiger partial charge in [-0.3, -0.25) is 14.7 Å². The molecule has 1 aromatic heterocycles. The highest BCUT2D eigenvalue weighted by molar-refractivity contribution is 7.92. The average Bonchev–Trinajstić information content (AvgIpc) is 2.99. The quantitative estimate of drug-likeness (QED) is 0.591. The van der Waals surface area contributed by atoms with Gasteiger partial charge in [0.1, 0.15) is 11.6 Å². The third-order valence-corrected chi connectivity index (χ3v) is 6.12. The SMILES string of the molecule is CC(CCn1cc(-c2ccc(F)cc2F)cn1)(C(=O)NO)S(C)(=O)=O. The number of hydrogen-bond acceptors (Lipinski definition) is 5. The predicted molar refractivity (Wildman–Crippen MR) is 85.4 cm³/mol. The molecule has 0 aliphatic heterocycles. The van der Waals surface area contributed by atoms with Crippen LogP contribution in [-0.2, 0) is 21.2 Å². The number of benzene rings is 1. The Labute approximate surface area is 143 Å². The molecule has 0 spiro atoms. The summed E-state index contributed by atoms with van der Waals surface area (Å²) in [5.41, 5.74) is 1.88. The summed E-state index contributed by atoms with van der Waals surface area (Å²) >= 11 is 0. The van der Waals surface area contributed by atoms with E-state index in [2.05, 4.69) is 5.10 Å². The third kappa shape index (κ3) is 3.85. The van der Waals surface area contributed by atoms with E-state index in [-0.39, 0.29) is 18.5 Å². The second-order valence-corrected chi connectivity index (χ2v) is 8.26. The van der Waals surface area contributed by atoms with Crippen molar-refractivity contribution in [1.82, 2.24) is 15.3 Å². The minimum atomic E-state index is -3.82. The van der Waals surface area contributed by atoms with E-state index < -0.39 is 32.1 Å². The number of rotatable bonds is 6. The van der Waals surface area contributed by atoms with Gasteiger partial charge in [-0.1, -0.05) is 0 Å². The van der Waals surface area contributed by atoms with Crippen LogP contribution in [0.1, 0.15) is 13.3 Å². The molecule has 2 N–H and O–H groups in total. The molecule has 1 aromatic carbocycles. The summed E-state index contributed by atoms with van der Waals surface area (Å²) in [7, 11) is -3.82. The molecular weight excluding hydrogens is 356 g/mol. The lowest BCUT2D eigenvalue weighted by Gasteiger charge is -2.24. The Morgan fingerprint density at radius 3 is 2.64 bits per heavy atom. The maximum absolute atomic E-state index is 13.8. The van der Waals surface area contributed by atoms with Crippen molar-refractivity contribution in [3.63, 3.8) is 0 Å². The van der Waals surface area contributed by atoms with Crippen LogP contribution in [-0.4, -0.2) is 40.3 Å². The zero-order chi connectivity index (χ0) is 18.8. The molecule has 10 heteroatoms. The minimum absolute atomic E-state index is 0.0276. The average molecular weight is 373 g/mol. The fourth-order valence-electron chi connectivity index (χ4n) is 2.26. The minimum Gasteiger partial charge on any atom is -0.289 e. The van der Waals surface area contributed by atoms with Gasteiger partial charge in [0.05, 0.1) is 6.20 Å². The summed E-state index contributed by atoms with van der Waals surface area (Å²) in [5.74, 6) is -2.50. The van der Waals surface area contributed by atoms with Gasteiger partial charge in [-0.25, -0.2) is 22.7 Å². The summed E-state index contributed by atoms with van der Waals surface area (Å²) in [6, 6.07) is 3.13. The smallest absolute Gasteiger partial charge is 0.264 e. The Kier molecular flexibility index (Phi) is 5.23. The maximum atomic E-state index is 13.8. The first-order chi connectivity index (χ1) is 11.6. The van der Waals surface area contributed by atoms with Crippen molar-refractivity contribution in [2.75, 3.05) is 6.26 Å². The number of carbonyl (C=O) groups is 1. The predicted octanol–water partition coefficient (Wildman–Crippen LogP) is 1.53. The van der Waals surface area contributed by atoms with E-state index >= 15 is 0 Å².